The molecule has 0 unspecified atom stereocenters. The smallest absolute Gasteiger partial charge is 0.402 e. The lowest BCUT2D eigenvalue weighted by Crippen LogP contribution is -2.44. The van der Waals surface area contributed by atoms with Crippen LogP contribution in [0.1, 0.15) is 48.5 Å². The molecule has 0 aromatic heterocycles. The van der Waals surface area contributed by atoms with Gasteiger partial charge in [0.1, 0.15) is 0 Å². The minimum atomic E-state index is -1.66. The Balaban J connectivity index is 0. The Kier molecular flexibility index (Phi) is 6.81. The van der Waals surface area contributed by atoms with E-state index in [1.54, 1.807) is 48.5 Å². The highest BCUT2D eigenvalue weighted by molar-refractivity contribution is 6.32. The zero-order valence-electron chi connectivity index (χ0n) is 11.3. The summed E-state index contributed by atoms with van der Waals surface area (Å²) in [6.07, 6.45) is 0. The molecule has 0 aliphatic heterocycles. The molecule has 0 aliphatic rings. The van der Waals surface area contributed by atoms with Crippen LogP contribution >= 0.6 is 0 Å². The van der Waals surface area contributed by atoms with E-state index in [9.17, 15) is 0 Å². The highest BCUT2D eigenvalue weighted by atomic mass is 16.6. The van der Waals surface area contributed by atoms with Crippen LogP contribution in [0.4, 0.5) is 0 Å². The molecule has 0 aliphatic carbocycles. The summed E-state index contributed by atoms with van der Waals surface area (Å²) in [5, 5.41) is 34.7. The summed E-state index contributed by atoms with van der Waals surface area (Å²) in [6.45, 7) is 11.5. The molecule has 16 heavy (non-hydrogen) atoms. The maximum absolute atomic E-state index is 9.10. The van der Waals surface area contributed by atoms with Gasteiger partial charge in [-0.3, -0.25) is 0 Å². The van der Waals surface area contributed by atoms with Crippen molar-refractivity contribution in [3.63, 3.8) is 0 Å². The standard InChI is InChI=1S/C6H14O2.C4H11BO3/c1-5(2,7)6(3,4)8;1-4(2,3)8-5(6)7/h7-8H,1-4H3;6-7H,1-3H3. The summed E-state index contributed by atoms with van der Waals surface area (Å²) in [5.74, 6) is 0. The Morgan fingerprint density at radius 3 is 1.00 bits per heavy atom. The molecule has 5 nitrogen and oxygen atoms in total. The van der Waals surface area contributed by atoms with E-state index in [1.807, 2.05) is 0 Å². The molecule has 0 saturated carbocycles. The molecule has 6 heteroatoms. The van der Waals surface area contributed by atoms with Crippen molar-refractivity contribution in [3.05, 3.63) is 0 Å². The van der Waals surface area contributed by atoms with E-state index < -0.39 is 24.1 Å². The minimum Gasteiger partial charge on any atom is -0.402 e. The molecule has 0 spiro atoms. The van der Waals surface area contributed by atoms with Crippen molar-refractivity contribution < 1.29 is 24.9 Å². The van der Waals surface area contributed by atoms with Gasteiger partial charge in [0.05, 0.1) is 11.2 Å². The second kappa shape index (κ2) is 5.98. The molecule has 0 bridgehead atoms. The van der Waals surface area contributed by atoms with Crippen LogP contribution in [0.2, 0.25) is 0 Å². The van der Waals surface area contributed by atoms with Crippen LogP contribution in [0.5, 0.6) is 0 Å². The van der Waals surface area contributed by atoms with E-state index in [-0.39, 0.29) is 0 Å². The third-order valence-electron chi connectivity index (χ3n) is 1.96. The molecule has 98 valence electrons. The fourth-order valence-electron chi connectivity index (χ4n) is 0.316. The van der Waals surface area contributed by atoms with Crippen LogP contribution in [0.25, 0.3) is 0 Å². The van der Waals surface area contributed by atoms with Gasteiger partial charge in [-0.1, -0.05) is 0 Å². The second-order valence-electron chi connectivity index (χ2n) is 5.67. The van der Waals surface area contributed by atoms with Gasteiger partial charge in [0.2, 0.25) is 0 Å². The first-order chi connectivity index (χ1) is 6.67. The number of rotatable bonds is 2. The molecule has 0 rings (SSSR count). The number of aliphatic hydroxyl groups is 2. The first-order valence-corrected chi connectivity index (χ1v) is 5.15. The summed E-state index contributed by atoms with van der Waals surface area (Å²) in [5.41, 5.74) is -2.49. The maximum atomic E-state index is 9.10. The Hall–Kier alpha value is -0.135. The van der Waals surface area contributed by atoms with Crippen molar-refractivity contribution in [2.24, 2.45) is 0 Å². The molecule has 0 aromatic rings. The van der Waals surface area contributed by atoms with Crippen LogP contribution in [0.3, 0.4) is 0 Å². The highest BCUT2D eigenvalue weighted by Crippen LogP contribution is 2.19. The first-order valence-electron chi connectivity index (χ1n) is 5.15. The maximum Gasteiger partial charge on any atom is 0.634 e. The lowest BCUT2D eigenvalue weighted by molar-refractivity contribution is -0.107. The molecule has 0 atom stereocenters. The fraction of sp³-hybridized carbons (Fsp3) is 1.00. The van der Waals surface area contributed by atoms with Crippen LogP contribution in [0.15, 0.2) is 0 Å². The van der Waals surface area contributed by atoms with Gasteiger partial charge in [0.25, 0.3) is 0 Å². The molecule has 0 heterocycles. The van der Waals surface area contributed by atoms with Crippen molar-refractivity contribution in [2.45, 2.75) is 65.3 Å². The Morgan fingerprint density at radius 2 is 1.00 bits per heavy atom. The summed E-state index contributed by atoms with van der Waals surface area (Å²) in [4.78, 5) is 0. The van der Waals surface area contributed by atoms with E-state index in [4.69, 9.17) is 20.3 Å². The van der Waals surface area contributed by atoms with E-state index >= 15 is 0 Å². The van der Waals surface area contributed by atoms with Crippen molar-refractivity contribution >= 4 is 7.32 Å². The Morgan fingerprint density at radius 1 is 0.750 bits per heavy atom. The van der Waals surface area contributed by atoms with Gasteiger partial charge >= 0.3 is 7.32 Å². The molecule has 0 amide bonds. The fourth-order valence-corrected chi connectivity index (χ4v) is 0.316. The van der Waals surface area contributed by atoms with Crippen LogP contribution in [-0.2, 0) is 4.65 Å². The third-order valence-corrected chi connectivity index (χ3v) is 1.96. The van der Waals surface area contributed by atoms with Gasteiger partial charge in [-0.2, -0.15) is 0 Å². The van der Waals surface area contributed by atoms with Gasteiger partial charge in [-0.15, -0.1) is 0 Å². The van der Waals surface area contributed by atoms with E-state index in [0.717, 1.165) is 0 Å². The number of hydrogen-bond acceptors (Lipinski definition) is 5. The average Bonchev–Trinajstić information content (AvgIpc) is 1.74. The highest BCUT2D eigenvalue weighted by Gasteiger charge is 2.31. The molecule has 0 saturated heterocycles. The lowest BCUT2D eigenvalue weighted by atomic mass is 9.90. The Bertz CT molecular complexity index is 173. The normalized spacial score (nSPS) is 12.9. The molecular weight excluding hydrogens is 211 g/mol. The molecule has 0 radical (unpaired) electrons. The Labute approximate surface area is 98.2 Å². The predicted molar refractivity (Wildman–Crippen MR) is 63.6 cm³/mol. The second-order valence-corrected chi connectivity index (χ2v) is 5.67. The quantitative estimate of drug-likeness (QED) is 0.518. The summed E-state index contributed by atoms with van der Waals surface area (Å²) >= 11 is 0. The monoisotopic (exact) mass is 236 g/mol. The van der Waals surface area contributed by atoms with Gasteiger partial charge in [0.15, 0.2) is 0 Å². The first kappa shape index (κ1) is 18.2. The topological polar surface area (TPSA) is 90.2 Å². The molecular formula is C10H25BO5. The molecule has 0 fully saturated rings. The summed E-state index contributed by atoms with van der Waals surface area (Å²) < 4.78 is 4.55. The van der Waals surface area contributed by atoms with Crippen molar-refractivity contribution in [1.82, 2.24) is 0 Å². The summed E-state index contributed by atoms with van der Waals surface area (Å²) in [7, 11) is -1.66. The van der Waals surface area contributed by atoms with E-state index in [1.165, 1.54) is 0 Å². The van der Waals surface area contributed by atoms with E-state index in [2.05, 4.69) is 4.65 Å². The summed E-state index contributed by atoms with van der Waals surface area (Å²) in [6, 6.07) is 0. The van der Waals surface area contributed by atoms with Crippen molar-refractivity contribution in [3.8, 4) is 0 Å². The third kappa shape index (κ3) is 11.9. The van der Waals surface area contributed by atoms with Gasteiger partial charge in [-0.05, 0) is 48.5 Å². The zero-order chi connectivity index (χ0) is 13.8. The van der Waals surface area contributed by atoms with Crippen molar-refractivity contribution in [2.75, 3.05) is 0 Å². The van der Waals surface area contributed by atoms with Crippen LogP contribution in [-0.4, -0.2) is 44.4 Å². The van der Waals surface area contributed by atoms with E-state index in [0.29, 0.717) is 0 Å². The SMILES string of the molecule is CC(C)(C)OB(O)O.CC(C)(O)C(C)(C)O. The zero-order valence-corrected chi connectivity index (χ0v) is 11.3. The van der Waals surface area contributed by atoms with Gasteiger partial charge in [0, 0.05) is 5.60 Å². The van der Waals surface area contributed by atoms with Crippen LogP contribution in [0, 0.1) is 0 Å². The predicted octanol–water partition coefficient (Wildman–Crippen LogP) is 0.299. The average molecular weight is 236 g/mol. The lowest BCUT2D eigenvalue weighted by Gasteiger charge is -2.31. The minimum absolute atomic E-state index is 0.478. The molecule has 4 N–H and O–H groups in total. The number of hydrogen-bond donors (Lipinski definition) is 4. The largest absolute Gasteiger partial charge is 0.634 e. The van der Waals surface area contributed by atoms with Crippen LogP contribution < -0.4 is 0 Å². The molecule has 0 aromatic carbocycles. The van der Waals surface area contributed by atoms with Gasteiger partial charge in [-0.25, -0.2) is 0 Å². The van der Waals surface area contributed by atoms with Gasteiger partial charge < -0.3 is 24.9 Å². The van der Waals surface area contributed by atoms with Crippen molar-refractivity contribution in [1.29, 1.82) is 0 Å².